The second-order valence-corrected chi connectivity index (χ2v) is 12.3. The van der Waals surface area contributed by atoms with Crippen molar-refractivity contribution >= 4 is 50.6 Å². The van der Waals surface area contributed by atoms with E-state index in [1.54, 1.807) is 24.4 Å². The van der Waals surface area contributed by atoms with Crippen LogP contribution in [0.3, 0.4) is 0 Å². The fourth-order valence-corrected chi connectivity index (χ4v) is 6.20. The number of nitrogens with one attached hydrogen (secondary N) is 1. The molecule has 2 aromatic heterocycles. The van der Waals surface area contributed by atoms with Gasteiger partial charge in [-0.2, -0.15) is 0 Å². The maximum Gasteiger partial charge on any atom is 0.251 e. The minimum absolute atomic E-state index is 0.0872. The number of thiophene rings is 1. The molecule has 45 heavy (non-hydrogen) atoms. The maximum absolute atomic E-state index is 15.6. The SMILES string of the molecule is NC(=O)C1(C(=O)N(c2ccc(F)cc2)c2ccc(Oc3ccnc4cc(-c5ccc(C(=O)NC6CC6)cc5)sc34)c(F)c2)CC1. The van der Waals surface area contributed by atoms with Crippen LogP contribution < -0.4 is 20.7 Å². The Balaban J connectivity index is 1.16. The molecule has 7 rings (SSSR count). The highest BCUT2D eigenvalue weighted by Crippen LogP contribution is 2.49. The van der Waals surface area contributed by atoms with Gasteiger partial charge < -0.3 is 15.8 Å². The number of nitrogens with zero attached hydrogens (tertiary/aromatic N) is 2. The Morgan fingerprint density at radius 2 is 1.62 bits per heavy atom. The molecule has 0 atom stereocenters. The van der Waals surface area contributed by atoms with E-state index in [1.165, 1.54) is 52.6 Å². The third-order valence-corrected chi connectivity index (χ3v) is 9.22. The Kier molecular flexibility index (Phi) is 7.04. The van der Waals surface area contributed by atoms with Gasteiger partial charge in [-0.15, -0.1) is 11.3 Å². The van der Waals surface area contributed by atoms with Gasteiger partial charge in [-0.3, -0.25) is 24.3 Å². The molecule has 0 aliphatic heterocycles. The van der Waals surface area contributed by atoms with E-state index >= 15 is 4.39 Å². The zero-order valence-electron chi connectivity index (χ0n) is 23.8. The number of hydrogen-bond donors (Lipinski definition) is 2. The molecule has 3 amide bonds. The van der Waals surface area contributed by atoms with Crippen LogP contribution in [0, 0.1) is 17.0 Å². The fourth-order valence-electron chi connectivity index (χ4n) is 5.13. The number of primary amides is 1. The minimum Gasteiger partial charge on any atom is -0.453 e. The molecule has 0 saturated heterocycles. The molecule has 2 heterocycles. The lowest BCUT2D eigenvalue weighted by atomic mass is 10.0. The molecule has 0 bridgehead atoms. The summed E-state index contributed by atoms with van der Waals surface area (Å²) >= 11 is 1.42. The molecule has 3 N–H and O–H groups in total. The number of halogens is 2. The molecule has 2 saturated carbocycles. The van der Waals surface area contributed by atoms with E-state index in [0.29, 0.717) is 21.5 Å². The van der Waals surface area contributed by atoms with Crippen molar-refractivity contribution in [3.8, 4) is 21.9 Å². The summed E-state index contributed by atoms with van der Waals surface area (Å²) in [6.45, 7) is 0. The van der Waals surface area contributed by atoms with Crippen molar-refractivity contribution in [3.05, 3.63) is 102 Å². The first-order chi connectivity index (χ1) is 21.7. The number of benzene rings is 3. The molecule has 8 nitrogen and oxygen atoms in total. The molecule has 2 aliphatic carbocycles. The van der Waals surface area contributed by atoms with E-state index in [1.807, 2.05) is 18.2 Å². The molecular weight excluding hydrogens is 598 g/mol. The van der Waals surface area contributed by atoms with Crippen molar-refractivity contribution in [1.29, 1.82) is 0 Å². The number of ether oxygens (including phenoxy) is 1. The Hall–Kier alpha value is -5.16. The minimum atomic E-state index is -1.39. The van der Waals surface area contributed by atoms with Crippen molar-refractivity contribution in [3.63, 3.8) is 0 Å². The van der Waals surface area contributed by atoms with Crippen molar-refractivity contribution < 1.29 is 27.9 Å². The number of anilines is 2. The van der Waals surface area contributed by atoms with Crippen LogP contribution >= 0.6 is 11.3 Å². The summed E-state index contributed by atoms with van der Waals surface area (Å²) in [5, 5.41) is 2.98. The Bertz CT molecular complexity index is 1970. The van der Waals surface area contributed by atoms with Gasteiger partial charge in [0.1, 0.15) is 17.0 Å². The van der Waals surface area contributed by atoms with Gasteiger partial charge in [-0.05, 0) is 85.8 Å². The van der Waals surface area contributed by atoms with E-state index in [-0.39, 0.29) is 41.9 Å². The van der Waals surface area contributed by atoms with Gasteiger partial charge in [0.2, 0.25) is 11.8 Å². The second kappa shape index (κ2) is 11.1. The van der Waals surface area contributed by atoms with Gasteiger partial charge in [0.25, 0.3) is 5.91 Å². The summed E-state index contributed by atoms with van der Waals surface area (Å²) in [4.78, 5) is 44.6. The third-order valence-electron chi connectivity index (χ3n) is 8.03. The number of amides is 3. The van der Waals surface area contributed by atoms with Crippen molar-refractivity contribution in [2.24, 2.45) is 11.1 Å². The van der Waals surface area contributed by atoms with E-state index in [2.05, 4.69) is 10.3 Å². The fraction of sp³-hybridized carbons (Fsp3) is 0.176. The van der Waals surface area contributed by atoms with Crippen molar-refractivity contribution in [2.45, 2.75) is 31.7 Å². The summed E-state index contributed by atoms with van der Waals surface area (Å²) < 4.78 is 36.0. The third kappa shape index (κ3) is 5.51. The molecule has 11 heteroatoms. The van der Waals surface area contributed by atoms with Gasteiger partial charge in [-0.1, -0.05) is 12.1 Å². The van der Waals surface area contributed by atoms with Crippen molar-refractivity contribution in [2.75, 3.05) is 4.90 Å². The molecule has 0 radical (unpaired) electrons. The van der Waals surface area contributed by atoms with Crippen LogP contribution in [-0.4, -0.2) is 28.7 Å². The highest BCUT2D eigenvalue weighted by atomic mass is 32.1. The number of pyridine rings is 1. The first kappa shape index (κ1) is 28.6. The number of carbonyl (C=O) groups is 3. The van der Waals surface area contributed by atoms with Crippen LogP contribution in [0.2, 0.25) is 0 Å². The van der Waals surface area contributed by atoms with Crippen LogP contribution in [0.15, 0.2) is 85.1 Å². The summed E-state index contributed by atoms with van der Waals surface area (Å²) in [5.41, 5.74) is 6.72. The number of hydrogen-bond acceptors (Lipinski definition) is 6. The average molecular weight is 625 g/mol. The van der Waals surface area contributed by atoms with Crippen LogP contribution in [0.1, 0.15) is 36.0 Å². The molecule has 2 aliphatic rings. The predicted molar refractivity (Wildman–Crippen MR) is 166 cm³/mol. The Morgan fingerprint density at radius 3 is 2.27 bits per heavy atom. The molecule has 0 spiro atoms. The van der Waals surface area contributed by atoms with Gasteiger partial charge in [0, 0.05) is 40.5 Å². The molecule has 2 fully saturated rings. The molecule has 5 aromatic rings. The first-order valence-corrected chi connectivity index (χ1v) is 15.2. The van der Waals surface area contributed by atoms with Gasteiger partial charge >= 0.3 is 0 Å². The summed E-state index contributed by atoms with van der Waals surface area (Å²) in [6.07, 6.45) is 4.16. The highest BCUT2D eigenvalue weighted by molar-refractivity contribution is 7.22. The largest absolute Gasteiger partial charge is 0.453 e. The molecular formula is C34H26F2N4O4S. The van der Waals surface area contributed by atoms with E-state index in [0.717, 1.165) is 29.3 Å². The van der Waals surface area contributed by atoms with Gasteiger partial charge in [-0.25, -0.2) is 8.78 Å². The lowest BCUT2D eigenvalue weighted by molar-refractivity contribution is -0.133. The Labute approximate surface area is 260 Å². The normalized spacial score (nSPS) is 15.0. The molecule has 0 unspecified atom stereocenters. The monoisotopic (exact) mass is 624 g/mol. The number of aromatic nitrogens is 1. The van der Waals surface area contributed by atoms with E-state index in [9.17, 15) is 18.8 Å². The number of nitrogens with two attached hydrogens (primary N) is 1. The van der Waals surface area contributed by atoms with Crippen LogP contribution in [0.5, 0.6) is 11.5 Å². The van der Waals surface area contributed by atoms with Crippen LogP contribution in [0.25, 0.3) is 20.7 Å². The van der Waals surface area contributed by atoms with E-state index < -0.39 is 28.9 Å². The standard InChI is InChI=1S/C34H26F2N4O4S/c35-21-5-9-23(10-6-21)40(33(43)34(14-15-34)32(37)42)24-11-12-27(25(36)17-24)44-28-13-16-38-26-18-29(45-30(26)28)19-1-3-20(4-2-19)31(41)39-22-7-8-22/h1-6,9-13,16-18,22H,7-8,14-15H2,(H2,37,42)(H,39,41). The number of carbonyl (C=O) groups excluding carboxylic acids is 3. The average Bonchev–Trinajstić information content (AvgIpc) is 3.97. The smallest absolute Gasteiger partial charge is 0.251 e. The number of fused-ring (bicyclic) bond motifs is 1. The number of rotatable bonds is 9. The lowest BCUT2D eigenvalue weighted by Gasteiger charge is -2.26. The summed E-state index contributed by atoms with van der Waals surface area (Å²) in [5.74, 6) is -2.41. The van der Waals surface area contributed by atoms with Gasteiger partial charge in [0.05, 0.1) is 15.9 Å². The predicted octanol–water partition coefficient (Wildman–Crippen LogP) is 6.86. The van der Waals surface area contributed by atoms with Gasteiger partial charge in [0.15, 0.2) is 11.6 Å². The van der Waals surface area contributed by atoms with E-state index in [4.69, 9.17) is 10.5 Å². The quantitative estimate of drug-likeness (QED) is 0.174. The summed E-state index contributed by atoms with van der Waals surface area (Å²) in [6, 6.07) is 20.3. The highest BCUT2D eigenvalue weighted by Gasteiger charge is 2.57. The van der Waals surface area contributed by atoms with Crippen molar-refractivity contribution in [1.82, 2.24) is 10.3 Å². The Morgan fingerprint density at radius 1 is 0.911 bits per heavy atom. The van der Waals surface area contributed by atoms with Crippen LogP contribution in [-0.2, 0) is 9.59 Å². The molecule has 3 aromatic carbocycles. The second-order valence-electron chi connectivity index (χ2n) is 11.2. The first-order valence-electron chi connectivity index (χ1n) is 14.4. The lowest BCUT2D eigenvalue weighted by Crippen LogP contribution is -2.41. The molecule has 226 valence electrons. The summed E-state index contributed by atoms with van der Waals surface area (Å²) in [7, 11) is 0. The topological polar surface area (TPSA) is 115 Å². The zero-order chi connectivity index (χ0) is 31.3. The van der Waals surface area contributed by atoms with Crippen LogP contribution in [0.4, 0.5) is 20.2 Å². The zero-order valence-corrected chi connectivity index (χ0v) is 24.6. The maximum atomic E-state index is 15.6.